The Kier molecular flexibility index (Phi) is 4.19. The summed E-state index contributed by atoms with van der Waals surface area (Å²) in [5.74, 6) is -0.353. The van der Waals surface area contributed by atoms with Gasteiger partial charge in [0, 0.05) is 5.56 Å². The average Bonchev–Trinajstić information content (AvgIpc) is 2.41. The second-order valence-electron chi connectivity index (χ2n) is 4.73. The molecule has 0 fully saturated rings. The summed E-state index contributed by atoms with van der Waals surface area (Å²) >= 11 is 0. The van der Waals surface area contributed by atoms with E-state index >= 15 is 0 Å². The molecule has 118 valence electrons. The molecule has 0 aliphatic rings. The Morgan fingerprint density at radius 1 is 0.909 bits per heavy atom. The second kappa shape index (κ2) is 5.64. The third kappa shape index (κ3) is 3.09. The van der Waals surface area contributed by atoms with E-state index in [1.54, 1.807) is 25.1 Å². The first-order chi connectivity index (χ1) is 10.1. The predicted octanol–water partition coefficient (Wildman–Crippen LogP) is 4.20. The molecule has 2 rings (SSSR count). The van der Waals surface area contributed by atoms with Crippen LogP contribution in [0.25, 0.3) is 11.1 Å². The summed E-state index contributed by atoms with van der Waals surface area (Å²) in [6, 6.07) is 11.0. The van der Waals surface area contributed by atoms with E-state index in [4.69, 9.17) is 0 Å². The van der Waals surface area contributed by atoms with E-state index in [9.17, 15) is 21.6 Å². The monoisotopic (exact) mass is 330 g/mol. The highest BCUT2D eigenvalue weighted by Crippen LogP contribution is 2.36. The van der Waals surface area contributed by atoms with Crippen molar-refractivity contribution in [2.24, 2.45) is 0 Å². The molecular weight excluding hydrogens is 317 g/mol. The van der Waals surface area contributed by atoms with Gasteiger partial charge in [0.15, 0.2) is 5.75 Å². The van der Waals surface area contributed by atoms with Crippen LogP contribution in [0.2, 0.25) is 0 Å². The van der Waals surface area contributed by atoms with E-state index in [1.807, 2.05) is 13.0 Å². The molecule has 7 heteroatoms. The molecule has 2 aromatic carbocycles. The quantitative estimate of drug-likeness (QED) is 0.626. The Morgan fingerprint density at radius 3 is 2.14 bits per heavy atom. The number of alkyl halides is 3. The second-order valence-corrected chi connectivity index (χ2v) is 6.26. The summed E-state index contributed by atoms with van der Waals surface area (Å²) in [4.78, 5) is 0. The van der Waals surface area contributed by atoms with Crippen molar-refractivity contribution in [3.05, 3.63) is 53.6 Å². The van der Waals surface area contributed by atoms with Gasteiger partial charge in [-0.2, -0.15) is 21.6 Å². The van der Waals surface area contributed by atoms with E-state index < -0.39 is 15.6 Å². The van der Waals surface area contributed by atoms with Crippen LogP contribution in [0.4, 0.5) is 13.2 Å². The van der Waals surface area contributed by atoms with Crippen LogP contribution in [-0.4, -0.2) is 13.9 Å². The maximum Gasteiger partial charge on any atom is 0.534 e. The lowest BCUT2D eigenvalue weighted by atomic mass is 9.96. The van der Waals surface area contributed by atoms with Crippen LogP contribution in [0, 0.1) is 13.8 Å². The number of halogens is 3. The third-order valence-electron chi connectivity index (χ3n) is 3.26. The van der Waals surface area contributed by atoms with Crippen molar-refractivity contribution < 1.29 is 25.8 Å². The zero-order chi connectivity index (χ0) is 16.5. The van der Waals surface area contributed by atoms with E-state index in [1.165, 1.54) is 18.2 Å². The summed E-state index contributed by atoms with van der Waals surface area (Å²) in [5.41, 5.74) is -2.79. The van der Waals surface area contributed by atoms with Gasteiger partial charge in [-0.25, -0.2) is 0 Å². The maximum absolute atomic E-state index is 12.5. The molecule has 0 saturated heterocycles. The number of benzene rings is 2. The number of aryl methyl sites for hydroxylation is 1. The Balaban J connectivity index is 2.56. The van der Waals surface area contributed by atoms with Gasteiger partial charge in [-0.15, -0.1) is 0 Å². The summed E-state index contributed by atoms with van der Waals surface area (Å²) in [7, 11) is -5.70. The van der Waals surface area contributed by atoms with Crippen LogP contribution in [0.15, 0.2) is 42.5 Å². The van der Waals surface area contributed by atoms with Gasteiger partial charge in [-0.1, -0.05) is 36.4 Å². The Morgan fingerprint density at radius 2 is 1.50 bits per heavy atom. The van der Waals surface area contributed by atoms with Gasteiger partial charge in [0.2, 0.25) is 0 Å². The molecule has 0 saturated carbocycles. The minimum atomic E-state index is -5.70. The van der Waals surface area contributed by atoms with E-state index in [0.29, 0.717) is 5.56 Å². The van der Waals surface area contributed by atoms with Crippen molar-refractivity contribution in [1.29, 1.82) is 0 Å². The zero-order valence-corrected chi connectivity index (χ0v) is 12.6. The molecule has 2 aromatic rings. The van der Waals surface area contributed by atoms with Gasteiger partial charge >= 0.3 is 15.6 Å². The highest BCUT2D eigenvalue weighted by atomic mass is 32.2. The van der Waals surface area contributed by atoms with Crippen molar-refractivity contribution >= 4 is 10.1 Å². The molecule has 0 aromatic heterocycles. The molecule has 0 spiro atoms. The third-order valence-corrected chi connectivity index (χ3v) is 4.23. The fourth-order valence-corrected chi connectivity index (χ4v) is 2.45. The standard InChI is InChI=1S/C15H13F3O3S/c1-10-6-5-8-12(11(10)2)13-7-3-4-9-14(13)21-22(19,20)15(16,17)18/h3-9H,1-2H3. The highest BCUT2D eigenvalue weighted by Gasteiger charge is 2.48. The lowest BCUT2D eigenvalue weighted by Gasteiger charge is -2.15. The fourth-order valence-electron chi connectivity index (χ4n) is 1.97. The molecule has 0 N–H and O–H groups in total. The van der Waals surface area contributed by atoms with Gasteiger partial charge in [0.1, 0.15) is 0 Å². The molecule has 3 nitrogen and oxygen atoms in total. The van der Waals surface area contributed by atoms with Crippen LogP contribution in [0.1, 0.15) is 11.1 Å². The Hall–Kier alpha value is -2.02. The van der Waals surface area contributed by atoms with Crippen LogP contribution in [0.5, 0.6) is 5.75 Å². The first-order valence-corrected chi connectivity index (χ1v) is 7.70. The van der Waals surface area contributed by atoms with Crippen LogP contribution in [0.3, 0.4) is 0 Å². The predicted molar refractivity (Wildman–Crippen MR) is 77.0 cm³/mol. The lowest BCUT2D eigenvalue weighted by molar-refractivity contribution is -0.0499. The number of hydrogen-bond donors (Lipinski definition) is 0. The van der Waals surface area contributed by atoms with Gasteiger partial charge in [-0.3, -0.25) is 0 Å². The van der Waals surface area contributed by atoms with Crippen molar-refractivity contribution in [2.75, 3.05) is 0 Å². The molecule has 0 radical (unpaired) electrons. The van der Waals surface area contributed by atoms with Crippen molar-refractivity contribution in [1.82, 2.24) is 0 Å². The van der Waals surface area contributed by atoms with Crippen molar-refractivity contribution in [2.45, 2.75) is 19.4 Å². The summed E-state index contributed by atoms with van der Waals surface area (Å²) in [6.07, 6.45) is 0. The molecule has 0 amide bonds. The fraction of sp³-hybridized carbons (Fsp3) is 0.200. The smallest absolute Gasteiger partial charge is 0.375 e. The molecule has 0 unspecified atom stereocenters. The van der Waals surface area contributed by atoms with Gasteiger partial charge in [-0.05, 0) is 36.6 Å². The number of hydrogen-bond acceptors (Lipinski definition) is 3. The van der Waals surface area contributed by atoms with Gasteiger partial charge in [0.05, 0.1) is 0 Å². The summed E-state index contributed by atoms with van der Waals surface area (Å²) in [6.45, 7) is 3.66. The maximum atomic E-state index is 12.5. The van der Waals surface area contributed by atoms with Crippen LogP contribution in [-0.2, 0) is 10.1 Å². The van der Waals surface area contributed by atoms with Crippen LogP contribution >= 0.6 is 0 Å². The molecule has 0 aliphatic heterocycles. The Labute approximate surface area is 126 Å². The summed E-state index contributed by atoms with van der Waals surface area (Å²) < 4.78 is 64.2. The highest BCUT2D eigenvalue weighted by molar-refractivity contribution is 7.88. The first kappa shape index (κ1) is 16.4. The minimum absolute atomic E-state index is 0.288. The lowest BCUT2D eigenvalue weighted by Crippen LogP contribution is -2.28. The number of rotatable bonds is 3. The molecule has 0 aliphatic carbocycles. The number of para-hydroxylation sites is 1. The zero-order valence-electron chi connectivity index (χ0n) is 11.8. The molecule has 0 bridgehead atoms. The molecule has 22 heavy (non-hydrogen) atoms. The topological polar surface area (TPSA) is 43.4 Å². The first-order valence-electron chi connectivity index (χ1n) is 6.30. The average molecular weight is 330 g/mol. The van der Waals surface area contributed by atoms with E-state index in [-0.39, 0.29) is 11.3 Å². The molecule has 0 atom stereocenters. The van der Waals surface area contributed by atoms with Crippen molar-refractivity contribution in [3.8, 4) is 16.9 Å². The largest absolute Gasteiger partial charge is 0.534 e. The SMILES string of the molecule is Cc1cccc(-c2ccccc2OS(=O)(=O)C(F)(F)F)c1C. The Bertz CT molecular complexity index is 796. The van der Waals surface area contributed by atoms with Crippen LogP contribution < -0.4 is 4.18 Å². The van der Waals surface area contributed by atoms with E-state index in [0.717, 1.165) is 11.1 Å². The van der Waals surface area contributed by atoms with E-state index in [2.05, 4.69) is 4.18 Å². The van der Waals surface area contributed by atoms with Gasteiger partial charge < -0.3 is 4.18 Å². The normalized spacial score (nSPS) is 12.2. The van der Waals surface area contributed by atoms with Crippen molar-refractivity contribution in [3.63, 3.8) is 0 Å². The van der Waals surface area contributed by atoms with Gasteiger partial charge in [0.25, 0.3) is 0 Å². The molecular formula is C15H13F3O3S. The minimum Gasteiger partial charge on any atom is -0.375 e. The summed E-state index contributed by atoms with van der Waals surface area (Å²) in [5, 5.41) is 0. The molecule has 0 heterocycles.